The second-order valence-electron chi connectivity index (χ2n) is 6.86. The van der Waals surface area contributed by atoms with Gasteiger partial charge in [0, 0.05) is 47.7 Å². The highest BCUT2D eigenvalue weighted by atomic mass is 15.0. The van der Waals surface area contributed by atoms with Gasteiger partial charge in [0.15, 0.2) is 23.8 Å². The van der Waals surface area contributed by atoms with E-state index in [1.54, 1.807) is 0 Å². The molecule has 0 aliphatic heterocycles. The van der Waals surface area contributed by atoms with Crippen LogP contribution in [0.3, 0.4) is 0 Å². The zero-order valence-electron chi connectivity index (χ0n) is 15.8. The van der Waals surface area contributed by atoms with Crippen LogP contribution in [0.4, 0.5) is 5.69 Å². The molecular formula is C24H21N3+2. The molecule has 0 N–H and O–H groups in total. The smallest absolute Gasteiger partial charge is 0.212 e. The van der Waals surface area contributed by atoms with Gasteiger partial charge in [-0.15, -0.1) is 0 Å². The van der Waals surface area contributed by atoms with Gasteiger partial charge >= 0.3 is 0 Å². The van der Waals surface area contributed by atoms with Crippen LogP contribution in [0.5, 0.6) is 0 Å². The molecule has 0 radical (unpaired) electrons. The van der Waals surface area contributed by atoms with Crippen LogP contribution in [0, 0.1) is 20.4 Å². The van der Waals surface area contributed by atoms with Crippen molar-refractivity contribution in [3.63, 3.8) is 0 Å². The molecule has 0 amide bonds. The summed E-state index contributed by atoms with van der Waals surface area (Å²) in [6.07, 6.45) is 4.20. The second-order valence-corrected chi connectivity index (χ2v) is 6.86. The second kappa shape index (κ2) is 6.66. The van der Waals surface area contributed by atoms with Gasteiger partial charge in [0.2, 0.25) is 11.4 Å². The lowest BCUT2D eigenvalue weighted by Crippen LogP contribution is -2.35. The molecular weight excluding hydrogens is 330 g/mol. The molecule has 0 saturated heterocycles. The summed E-state index contributed by atoms with van der Waals surface area (Å²) >= 11 is 0. The maximum absolute atomic E-state index is 7.58. The van der Waals surface area contributed by atoms with Gasteiger partial charge in [-0.1, -0.05) is 24.3 Å². The molecule has 3 nitrogen and oxygen atoms in total. The number of rotatable bonds is 2. The van der Waals surface area contributed by atoms with Gasteiger partial charge in [-0.05, 0) is 24.4 Å². The van der Waals surface area contributed by atoms with Gasteiger partial charge in [-0.2, -0.15) is 4.57 Å². The Labute approximate surface area is 159 Å². The molecule has 2 aromatic heterocycles. The number of aromatic nitrogens is 2. The van der Waals surface area contributed by atoms with E-state index in [2.05, 4.69) is 83.7 Å². The largest absolute Gasteiger partial charge is 0.238 e. The Balaban J connectivity index is 2.02. The lowest BCUT2D eigenvalue weighted by molar-refractivity contribution is -0.659. The quantitative estimate of drug-likeness (QED) is 0.364. The Morgan fingerprint density at radius 1 is 0.889 bits per heavy atom. The van der Waals surface area contributed by atoms with Crippen LogP contribution in [-0.4, -0.2) is 0 Å². The molecule has 0 saturated carbocycles. The number of aryl methyl sites for hydroxylation is 2. The predicted octanol–water partition coefficient (Wildman–Crippen LogP) is 4.78. The first-order valence-corrected chi connectivity index (χ1v) is 8.97. The fourth-order valence-corrected chi connectivity index (χ4v) is 3.62. The first-order valence-electron chi connectivity index (χ1n) is 8.97. The molecule has 3 heteroatoms. The van der Waals surface area contributed by atoms with Crippen LogP contribution in [0.2, 0.25) is 0 Å². The van der Waals surface area contributed by atoms with Crippen molar-refractivity contribution in [2.45, 2.75) is 13.8 Å². The standard InChI is InChI=1S/C24H21N3/c1-17-9-7-8-12-27(17)23-15-21(25-3)14-22(18(23)2)24-13-19-10-5-6-11-20(19)16-26(24)4/h5-16H,1-2,4H3/q+2. The van der Waals surface area contributed by atoms with Crippen LogP contribution < -0.4 is 9.13 Å². The van der Waals surface area contributed by atoms with Crippen LogP contribution in [-0.2, 0) is 7.05 Å². The van der Waals surface area contributed by atoms with Crippen LogP contribution >= 0.6 is 0 Å². The Bertz CT molecular complexity index is 1220. The minimum Gasteiger partial charge on any atom is -0.238 e. The lowest BCUT2D eigenvalue weighted by Gasteiger charge is -2.10. The summed E-state index contributed by atoms with van der Waals surface area (Å²) in [5.41, 5.74) is 6.18. The summed E-state index contributed by atoms with van der Waals surface area (Å²) in [7, 11) is 2.06. The third-order valence-corrected chi connectivity index (χ3v) is 5.09. The van der Waals surface area contributed by atoms with Gasteiger partial charge < -0.3 is 0 Å². The zero-order valence-corrected chi connectivity index (χ0v) is 15.8. The lowest BCUT2D eigenvalue weighted by atomic mass is 9.99. The van der Waals surface area contributed by atoms with Crippen molar-refractivity contribution < 1.29 is 9.13 Å². The average Bonchev–Trinajstić information content (AvgIpc) is 2.68. The monoisotopic (exact) mass is 351 g/mol. The highest BCUT2D eigenvalue weighted by Crippen LogP contribution is 2.31. The molecule has 2 aromatic carbocycles. The minimum atomic E-state index is 0.648. The van der Waals surface area contributed by atoms with Crippen LogP contribution in [0.15, 0.2) is 73.1 Å². The van der Waals surface area contributed by atoms with E-state index in [9.17, 15) is 0 Å². The highest BCUT2D eigenvalue weighted by Gasteiger charge is 2.22. The van der Waals surface area contributed by atoms with Crippen molar-refractivity contribution >= 4 is 16.5 Å². The minimum absolute atomic E-state index is 0.648. The summed E-state index contributed by atoms with van der Waals surface area (Å²) in [4.78, 5) is 3.73. The van der Waals surface area contributed by atoms with Gasteiger partial charge in [0.25, 0.3) is 0 Å². The molecule has 2 heterocycles. The van der Waals surface area contributed by atoms with Crippen molar-refractivity contribution in [1.82, 2.24) is 0 Å². The zero-order chi connectivity index (χ0) is 19.0. The first kappa shape index (κ1) is 16.9. The van der Waals surface area contributed by atoms with E-state index in [0.717, 1.165) is 28.2 Å². The van der Waals surface area contributed by atoms with Gasteiger partial charge in [0.05, 0.1) is 6.57 Å². The number of fused-ring (bicyclic) bond motifs is 1. The number of benzene rings is 2. The molecule has 130 valence electrons. The number of hydrogen-bond donors (Lipinski definition) is 0. The number of pyridine rings is 2. The number of hydrogen-bond acceptors (Lipinski definition) is 0. The van der Waals surface area contributed by atoms with E-state index in [-0.39, 0.29) is 0 Å². The predicted molar refractivity (Wildman–Crippen MR) is 108 cm³/mol. The number of nitrogens with zero attached hydrogens (tertiary/aromatic N) is 3. The van der Waals surface area contributed by atoms with Gasteiger partial charge in [-0.25, -0.2) is 9.41 Å². The van der Waals surface area contributed by atoms with E-state index in [4.69, 9.17) is 6.57 Å². The first-order chi connectivity index (χ1) is 13.1. The molecule has 0 atom stereocenters. The molecule has 27 heavy (non-hydrogen) atoms. The molecule has 4 aromatic rings. The fraction of sp³-hybridized carbons (Fsp3) is 0.125. The van der Waals surface area contributed by atoms with Gasteiger partial charge in [-0.3, -0.25) is 0 Å². The summed E-state index contributed by atoms with van der Waals surface area (Å²) in [6.45, 7) is 11.8. The topological polar surface area (TPSA) is 12.1 Å². The third kappa shape index (κ3) is 2.96. The van der Waals surface area contributed by atoms with Crippen LogP contribution in [0.25, 0.3) is 32.6 Å². The molecule has 0 aliphatic carbocycles. The maximum Gasteiger partial charge on any atom is 0.212 e. The summed E-state index contributed by atoms with van der Waals surface area (Å²) in [5.74, 6) is 0. The van der Waals surface area contributed by atoms with E-state index in [0.29, 0.717) is 5.69 Å². The SMILES string of the molecule is [C-]#[N+]c1cc(-c2cc3ccccc3c[n+]2C)c(C)c(-[n+]2ccccc2C)c1. The van der Waals surface area contributed by atoms with E-state index < -0.39 is 0 Å². The van der Waals surface area contributed by atoms with Crippen molar-refractivity contribution in [2.24, 2.45) is 7.05 Å². The average molecular weight is 351 g/mol. The third-order valence-electron chi connectivity index (χ3n) is 5.09. The molecule has 0 aliphatic rings. The summed E-state index contributed by atoms with van der Waals surface area (Å²) < 4.78 is 4.29. The molecule has 0 spiro atoms. The summed E-state index contributed by atoms with van der Waals surface area (Å²) in [5, 5.41) is 2.40. The Morgan fingerprint density at radius 2 is 1.63 bits per heavy atom. The Hall–Kier alpha value is -3.51. The van der Waals surface area contributed by atoms with Crippen molar-refractivity contribution in [3.8, 4) is 16.9 Å². The fourth-order valence-electron chi connectivity index (χ4n) is 3.62. The van der Waals surface area contributed by atoms with E-state index >= 15 is 0 Å². The molecule has 0 bridgehead atoms. The normalized spacial score (nSPS) is 10.7. The van der Waals surface area contributed by atoms with Crippen molar-refractivity contribution in [3.05, 3.63) is 95.7 Å². The highest BCUT2D eigenvalue weighted by molar-refractivity contribution is 5.85. The Kier molecular flexibility index (Phi) is 4.18. The maximum atomic E-state index is 7.58. The van der Waals surface area contributed by atoms with Crippen molar-refractivity contribution in [1.29, 1.82) is 0 Å². The molecule has 0 unspecified atom stereocenters. The summed E-state index contributed by atoms with van der Waals surface area (Å²) in [6, 6.07) is 20.7. The Morgan fingerprint density at radius 3 is 2.37 bits per heavy atom. The van der Waals surface area contributed by atoms with Crippen LogP contribution in [0.1, 0.15) is 11.3 Å². The van der Waals surface area contributed by atoms with E-state index in [1.165, 1.54) is 10.8 Å². The molecule has 0 fully saturated rings. The van der Waals surface area contributed by atoms with Gasteiger partial charge in [0.1, 0.15) is 7.05 Å². The molecule has 4 rings (SSSR count). The van der Waals surface area contributed by atoms with Crippen molar-refractivity contribution in [2.75, 3.05) is 0 Å². The van der Waals surface area contributed by atoms with E-state index in [1.807, 2.05) is 24.3 Å².